The van der Waals surface area contributed by atoms with Crippen molar-refractivity contribution in [1.82, 2.24) is 5.32 Å². The first-order chi connectivity index (χ1) is 15.8. The topological polar surface area (TPSA) is 52.9 Å². The molecule has 178 valence electrons. The number of rotatable bonds is 3. The molecule has 4 aliphatic carbocycles. The molecule has 0 saturated heterocycles. The van der Waals surface area contributed by atoms with Gasteiger partial charge in [-0.05, 0) is 122 Å². The summed E-state index contributed by atoms with van der Waals surface area (Å²) in [6, 6.07) is 9.22. The largest absolute Gasteiger partial charge is 0.352 e. The van der Waals surface area contributed by atoms with Gasteiger partial charge in [-0.15, -0.1) is 0 Å². The Morgan fingerprint density at radius 3 is 2.67 bits per heavy atom. The summed E-state index contributed by atoms with van der Waals surface area (Å²) in [6.45, 7) is 8.32. The number of hydrogen-bond donors (Lipinski definition) is 1. The van der Waals surface area contributed by atoms with Crippen molar-refractivity contribution >= 4 is 5.91 Å². The average Bonchev–Trinajstić information content (AvgIpc) is 2.81. The first-order valence-corrected chi connectivity index (χ1v) is 13.6. The van der Waals surface area contributed by atoms with Gasteiger partial charge in [-0.3, -0.25) is 4.79 Å². The minimum absolute atomic E-state index is 0.0307. The van der Waals surface area contributed by atoms with E-state index < -0.39 is 0 Å². The Morgan fingerprint density at radius 2 is 1.85 bits per heavy atom. The van der Waals surface area contributed by atoms with E-state index in [0.29, 0.717) is 27.9 Å². The summed E-state index contributed by atoms with van der Waals surface area (Å²) >= 11 is 0. The van der Waals surface area contributed by atoms with Crippen LogP contribution >= 0.6 is 0 Å². The number of nitrogens with zero attached hydrogens (tertiary/aromatic N) is 1. The van der Waals surface area contributed by atoms with Crippen molar-refractivity contribution in [2.75, 3.05) is 6.54 Å². The molecular weight excluding hydrogens is 404 g/mol. The minimum atomic E-state index is -0.0307. The Hall–Kier alpha value is -1.82. The standard InChI is InChI=1S/C30H42N2O/c1-29(2)14-12-24-22(17-29)10-11-26-25(24)13-15-30(3)23(8-5-9-27(26)30)19-32-28(33)21-7-4-6-20(16-21)18-31/h4,6-7,16,22-27H,5,8-15,17,19H2,1-3H3,(H,32,33)/t22-,23-,24+,25-,26-,27+,30-/m1/s1. The second-order valence-corrected chi connectivity index (χ2v) is 12.9. The Bertz CT molecular complexity index is 929. The van der Waals surface area contributed by atoms with Gasteiger partial charge in [0.05, 0.1) is 11.6 Å². The highest BCUT2D eigenvalue weighted by Gasteiger charge is 2.55. The van der Waals surface area contributed by atoms with Crippen molar-refractivity contribution in [1.29, 1.82) is 5.26 Å². The second kappa shape index (κ2) is 8.75. The molecule has 1 N–H and O–H groups in total. The molecule has 1 aromatic rings. The first-order valence-electron chi connectivity index (χ1n) is 13.6. The number of nitriles is 1. The molecule has 4 fully saturated rings. The lowest BCUT2D eigenvalue weighted by molar-refractivity contribution is -0.113. The number of carbonyl (C=O) groups excluding carboxylic acids is 1. The molecule has 1 amide bonds. The van der Waals surface area contributed by atoms with Gasteiger partial charge in [-0.25, -0.2) is 0 Å². The van der Waals surface area contributed by atoms with Crippen LogP contribution in [0, 0.1) is 57.7 Å². The zero-order chi connectivity index (χ0) is 23.2. The van der Waals surface area contributed by atoms with Crippen LogP contribution in [0.5, 0.6) is 0 Å². The van der Waals surface area contributed by atoms with Gasteiger partial charge in [0.15, 0.2) is 0 Å². The average molecular weight is 447 g/mol. The van der Waals surface area contributed by atoms with E-state index in [4.69, 9.17) is 5.26 Å². The lowest BCUT2D eigenvalue weighted by Gasteiger charge is -2.61. The molecule has 33 heavy (non-hydrogen) atoms. The van der Waals surface area contributed by atoms with Gasteiger partial charge in [0.2, 0.25) is 0 Å². The fourth-order valence-electron chi connectivity index (χ4n) is 9.00. The maximum atomic E-state index is 12.8. The first kappa shape index (κ1) is 22.9. The molecule has 0 bridgehead atoms. The number of benzene rings is 1. The second-order valence-electron chi connectivity index (χ2n) is 12.9. The normalized spacial score (nSPS) is 39.3. The van der Waals surface area contributed by atoms with E-state index in [2.05, 4.69) is 32.2 Å². The fourth-order valence-corrected chi connectivity index (χ4v) is 9.00. The molecule has 0 unspecified atom stereocenters. The Kier molecular flexibility index (Phi) is 6.09. The predicted molar refractivity (Wildman–Crippen MR) is 132 cm³/mol. The van der Waals surface area contributed by atoms with E-state index in [1.54, 1.807) is 18.2 Å². The van der Waals surface area contributed by atoms with Crippen LogP contribution < -0.4 is 5.32 Å². The van der Waals surface area contributed by atoms with E-state index in [1.165, 1.54) is 64.2 Å². The zero-order valence-electron chi connectivity index (χ0n) is 20.9. The van der Waals surface area contributed by atoms with Crippen LogP contribution in [0.15, 0.2) is 24.3 Å². The Balaban J connectivity index is 1.27. The minimum Gasteiger partial charge on any atom is -0.352 e. The highest BCUT2D eigenvalue weighted by molar-refractivity contribution is 5.94. The lowest BCUT2D eigenvalue weighted by Crippen LogP contribution is -2.54. The van der Waals surface area contributed by atoms with Crippen molar-refractivity contribution in [3.63, 3.8) is 0 Å². The zero-order valence-corrected chi connectivity index (χ0v) is 20.9. The van der Waals surface area contributed by atoms with Gasteiger partial charge in [-0.2, -0.15) is 5.26 Å². The molecule has 1 aromatic carbocycles. The molecular formula is C30H42N2O. The molecule has 4 saturated carbocycles. The van der Waals surface area contributed by atoms with Crippen LogP contribution in [-0.4, -0.2) is 12.5 Å². The van der Waals surface area contributed by atoms with Crippen LogP contribution in [0.1, 0.15) is 101 Å². The molecule has 0 radical (unpaired) electrons. The van der Waals surface area contributed by atoms with Gasteiger partial charge in [0.1, 0.15) is 0 Å². The molecule has 3 nitrogen and oxygen atoms in total. The Labute approximate surface area is 200 Å². The molecule has 0 aliphatic heterocycles. The van der Waals surface area contributed by atoms with Crippen LogP contribution in [0.4, 0.5) is 0 Å². The molecule has 0 heterocycles. The maximum Gasteiger partial charge on any atom is 0.251 e. The highest BCUT2D eigenvalue weighted by Crippen LogP contribution is 2.63. The van der Waals surface area contributed by atoms with Gasteiger partial charge in [0.25, 0.3) is 5.91 Å². The molecule has 3 heteroatoms. The summed E-state index contributed by atoms with van der Waals surface area (Å²) in [5.74, 6) is 5.21. The quantitative estimate of drug-likeness (QED) is 0.545. The number of amides is 1. The number of carbonyl (C=O) groups is 1. The summed E-state index contributed by atoms with van der Waals surface area (Å²) in [7, 11) is 0. The molecule has 0 spiro atoms. The molecule has 7 atom stereocenters. The van der Waals surface area contributed by atoms with E-state index >= 15 is 0 Å². The van der Waals surface area contributed by atoms with Gasteiger partial charge >= 0.3 is 0 Å². The maximum absolute atomic E-state index is 12.8. The Morgan fingerprint density at radius 1 is 1.03 bits per heavy atom. The van der Waals surface area contributed by atoms with Gasteiger partial charge < -0.3 is 5.32 Å². The van der Waals surface area contributed by atoms with Crippen molar-refractivity contribution in [3.05, 3.63) is 35.4 Å². The number of fused-ring (bicyclic) bond motifs is 5. The van der Waals surface area contributed by atoms with Crippen LogP contribution in [-0.2, 0) is 0 Å². The predicted octanol–water partition coefficient (Wildman–Crippen LogP) is 6.97. The van der Waals surface area contributed by atoms with Crippen molar-refractivity contribution in [3.8, 4) is 6.07 Å². The van der Waals surface area contributed by atoms with E-state index in [9.17, 15) is 4.79 Å². The highest BCUT2D eigenvalue weighted by atomic mass is 16.1. The number of hydrogen-bond acceptors (Lipinski definition) is 2. The van der Waals surface area contributed by atoms with E-state index in [1.807, 2.05) is 6.07 Å². The SMILES string of the molecule is CC1(C)CC[C@H]2[C@H](CC[C@@H]3[C@@H]2CC[C@]2(C)[C@@H](CNC(=O)c4cccc(C#N)c4)CCC[C@@H]32)C1. The molecule has 4 aliphatic rings. The van der Waals surface area contributed by atoms with Crippen LogP contribution in [0.2, 0.25) is 0 Å². The van der Waals surface area contributed by atoms with Crippen molar-refractivity contribution in [2.45, 2.75) is 85.0 Å². The summed E-state index contributed by atoms with van der Waals surface area (Å²) in [5.41, 5.74) is 2.07. The fraction of sp³-hybridized carbons (Fsp3) is 0.733. The third-order valence-electron chi connectivity index (χ3n) is 10.7. The lowest BCUT2D eigenvalue weighted by atomic mass is 9.44. The number of nitrogens with one attached hydrogen (secondary N) is 1. The molecule has 0 aromatic heterocycles. The van der Waals surface area contributed by atoms with Crippen molar-refractivity contribution < 1.29 is 4.79 Å². The summed E-state index contributed by atoms with van der Waals surface area (Å²) in [5, 5.41) is 12.4. The van der Waals surface area contributed by atoms with E-state index in [-0.39, 0.29) is 5.91 Å². The van der Waals surface area contributed by atoms with Crippen LogP contribution in [0.25, 0.3) is 0 Å². The summed E-state index contributed by atoms with van der Waals surface area (Å²) in [4.78, 5) is 12.8. The van der Waals surface area contributed by atoms with Crippen LogP contribution in [0.3, 0.4) is 0 Å². The summed E-state index contributed by atoms with van der Waals surface area (Å²) < 4.78 is 0. The molecule has 5 rings (SSSR count). The smallest absolute Gasteiger partial charge is 0.251 e. The van der Waals surface area contributed by atoms with E-state index in [0.717, 1.165) is 36.1 Å². The van der Waals surface area contributed by atoms with Gasteiger partial charge in [-0.1, -0.05) is 33.3 Å². The summed E-state index contributed by atoms with van der Waals surface area (Å²) in [6.07, 6.45) is 13.9. The third kappa shape index (κ3) is 4.24. The third-order valence-corrected chi connectivity index (χ3v) is 10.7. The van der Waals surface area contributed by atoms with Crippen molar-refractivity contribution in [2.24, 2.45) is 46.3 Å². The van der Waals surface area contributed by atoms with Gasteiger partial charge in [0, 0.05) is 12.1 Å². The monoisotopic (exact) mass is 446 g/mol.